The van der Waals surface area contributed by atoms with Gasteiger partial charge >= 0.3 is 0 Å². The number of aryl methyl sites for hydroxylation is 1. The molecule has 0 atom stereocenters. The van der Waals surface area contributed by atoms with E-state index in [2.05, 4.69) is 219 Å². The molecule has 71 heavy (non-hydrogen) atoms. The fourth-order valence-corrected chi connectivity index (χ4v) is 12.3. The summed E-state index contributed by atoms with van der Waals surface area (Å²) >= 11 is 0. The van der Waals surface area contributed by atoms with E-state index in [9.17, 15) is 0 Å². The lowest BCUT2D eigenvalue weighted by molar-refractivity contribution is 0.577. The number of aromatic nitrogens is 2. The number of nitrogens with zero attached hydrogens (tertiary/aromatic N) is 4. The Kier molecular flexibility index (Phi) is 7.60. The summed E-state index contributed by atoms with van der Waals surface area (Å²) in [4.78, 5) is 4.78. The van der Waals surface area contributed by atoms with Crippen molar-refractivity contribution >= 4 is 149 Å². The van der Waals surface area contributed by atoms with E-state index in [1.165, 1.54) is 76.2 Å². The van der Waals surface area contributed by atoms with E-state index < -0.39 is 0 Å². The molecule has 6 aromatic heterocycles. The zero-order valence-electron chi connectivity index (χ0n) is 38.5. The molecule has 0 aliphatic heterocycles. The van der Waals surface area contributed by atoms with Crippen LogP contribution < -0.4 is 9.80 Å². The lowest BCUT2D eigenvalue weighted by Gasteiger charge is -2.26. The van der Waals surface area contributed by atoms with Crippen molar-refractivity contribution in [1.82, 2.24) is 8.80 Å². The lowest BCUT2D eigenvalue weighted by atomic mass is 10.0. The van der Waals surface area contributed by atoms with E-state index in [0.29, 0.717) is 0 Å². The van der Waals surface area contributed by atoms with E-state index in [-0.39, 0.29) is 0 Å². The van der Waals surface area contributed by atoms with Crippen LogP contribution in [0, 0.1) is 6.92 Å². The summed E-state index contributed by atoms with van der Waals surface area (Å²) in [6, 6.07) is 74.9. The number of furan rings is 2. The summed E-state index contributed by atoms with van der Waals surface area (Å²) in [6.07, 6.45) is 1.89. The Labute approximate surface area is 406 Å². The largest absolute Gasteiger partial charge is 0.461 e. The maximum absolute atomic E-state index is 6.49. The second-order valence-corrected chi connectivity index (χ2v) is 18.9. The molecule has 0 radical (unpaired) electrons. The van der Waals surface area contributed by atoms with Crippen LogP contribution in [0.25, 0.3) is 115 Å². The number of hydrogen-bond acceptors (Lipinski definition) is 4. The Hall–Kier alpha value is -9.52. The highest BCUT2D eigenvalue weighted by Crippen LogP contribution is 2.52. The molecule has 16 rings (SSSR count). The minimum Gasteiger partial charge on any atom is -0.461 e. The van der Waals surface area contributed by atoms with E-state index in [0.717, 1.165) is 78.4 Å². The quantitative estimate of drug-likeness (QED) is 0.160. The van der Waals surface area contributed by atoms with Crippen LogP contribution in [0.2, 0.25) is 0 Å². The minimum atomic E-state index is 0.841. The summed E-state index contributed by atoms with van der Waals surface area (Å²) in [5.41, 5.74) is 17.2. The Morgan fingerprint density at radius 1 is 0.366 bits per heavy atom. The molecule has 0 saturated heterocycles. The van der Waals surface area contributed by atoms with Crippen LogP contribution in [0.15, 0.2) is 222 Å². The molecule has 6 heterocycles. The SMILES string of the molecule is C=Cc1c(C)oc2cc(N(c3ccccc3)c3ccc4c5cc6c(cc5n5c7ccccc7c3c45)c3ccc(N(c4ccccc4)c4ccc5c(c4)oc4ccccc45)c4c5ccccc5n6c34)ccc12. The van der Waals surface area contributed by atoms with E-state index in [1.54, 1.807) is 0 Å². The Balaban J connectivity index is 0.960. The molecular formula is C65H40N4O2. The predicted octanol–water partition coefficient (Wildman–Crippen LogP) is 18.5. The molecule has 332 valence electrons. The number of anilines is 6. The van der Waals surface area contributed by atoms with Gasteiger partial charge in [-0.3, -0.25) is 0 Å². The first-order valence-corrected chi connectivity index (χ1v) is 24.2. The monoisotopic (exact) mass is 908 g/mol. The Morgan fingerprint density at radius 2 is 0.817 bits per heavy atom. The first kappa shape index (κ1) is 38.4. The van der Waals surface area contributed by atoms with Crippen molar-refractivity contribution < 1.29 is 8.83 Å². The van der Waals surface area contributed by atoms with E-state index >= 15 is 0 Å². The predicted molar refractivity (Wildman–Crippen MR) is 297 cm³/mol. The molecule has 6 nitrogen and oxygen atoms in total. The van der Waals surface area contributed by atoms with Crippen LogP contribution in [0.4, 0.5) is 34.1 Å². The van der Waals surface area contributed by atoms with Crippen LogP contribution in [-0.2, 0) is 0 Å². The molecule has 16 aromatic rings. The van der Waals surface area contributed by atoms with Crippen molar-refractivity contribution in [2.75, 3.05) is 9.80 Å². The molecule has 0 saturated carbocycles. The highest BCUT2D eigenvalue weighted by molar-refractivity contribution is 6.32. The third-order valence-corrected chi connectivity index (χ3v) is 15.3. The maximum Gasteiger partial charge on any atom is 0.137 e. The van der Waals surface area contributed by atoms with Crippen molar-refractivity contribution in [3.63, 3.8) is 0 Å². The molecule has 0 bridgehead atoms. The van der Waals surface area contributed by atoms with Gasteiger partial charge in [0.25, 0.3) is 0 Å². The summed E-state index contributed by atoms with van der Waals surface area (Å²) in [7, 11) is 0. The molecule has 0 unspecified atom stereocenters. The average Bonchev–Trinajstić information content (AvgIpc) is 4.26. The van der Waals surface area contributed by atoms with Gasteiger partial charge in [0.15, 0.2) is 0 Å². The van der Waals surface area contributed by atoms with Crippen LogP contribution in [0.5, 0.6) is 0 Å². The number of rotatable bonds is 7. The van der Waals surface area contributed by atoms with Crippen LogP contribution in [0.1, 0.15) is 11.3 Å². The van der Waals surface area contributed by atoms with Gasteiger partial charge in [0, 0.05) is 99.7 Å². The summed E-state index contributed by atoms with van der Waals surface area (Å²) in [6.45, 7) is 6.09. The van der Waals surface area contributed by atoms with Gasteiger partial charge in [-0.1, -0.05) is 116 Å². The standard InChI is InChI=1S/C65H40N4O2/c1-3-43-38(2)70-60-34-41(26-28-45(43)60)66(39-16-6-4-7-17-39)55-32-30-47-51-36-58-52(37-57(51)68-53-23-13-10-21-49(53)62(55)64(47)68)48-31-33-56(63-50-22-11-14-24-54(50)69(58)65(48)63)67(40-18-8-5-9-19-40)42-27-29-46-44-20-12-15-25-59(44)71-61(46)35-42/h3-37H,1H2,2H3. The third kappa shape index (κ3) is 5.10. The van der Waals surface area contributed by atoms with Crippen LogP contribution in [0.3, 0.4) is 0 Å². The molecule has 10 aromatic carbocycles. The minimum absolute atomic E-state index is 0.841. The molecule has 0 aliphatic rings. The average molecular weight is 909 g/mol. The number of hydrogen-bond donors (Lipinski definition) is 0. The van der Waals surface area contributed by atoms with Gasteiger partial charge in [0.05, 0.1) is 44.5 Å². The zero-order valence-corrected chi connectivity index (χ0v) is 38.5. The van der Waals surface area contributed by atoms with Gasteiger partial charge < -0.3 is 27.4 Å². The number of para-hydroxylation sites is 5. The lowest BCUT2D eigenvalue weighted by Crippen LogP contribution is -2.10. The molecule has 0 aliphatic carbocycles. The van der Waals surface area contributed by atoms with Crippen molar-refractivity contribution in [2.45, 2.75) is 6.92 Å². The Morgan fingerprint density at radius 3 is 1.37 bits per heavy atom. The molecular weight excluding hydrogens is 869 g/mol. The van der Waals surface area contributed by atoms with Gasteiger partial charge in [-0.15, -0.1) is 0 Å². The number of benzene rings is 10. The van der Waals surface area contributed by atoms with Crippen LogP contribution >= 0.6 is 0 Å². The van der Waals surface area contributed by atoms with Gasteiger partial charge in [-0.2, -0.15) is 0 Å². The second-order valence-electron chi connectivity index (χ2n) is 18.9. The van der Waals surface area contributed by atoms with Crippen molar-refractivity contribution in [3.05, 3.63) is 224 Å². The fraction of sp³-hybridized carbons (Fsp3) is 0.0154. The fourth-order valence-electron chi connectivity index (χ4n) is 12.3. The summed E-state index contributed by atoms with van der Waals surface area (Å²) in [5.74, 6) is 0.867. The molecule has 0 spiro atoms. The zero-order chi connectivity index (χ0) is 46.6. The highest BCUT2D eigenvalue weighted by atomic mass is 16.3. The number of fused-ring (bicyclic) bond motifs is 16. The van der Waals surface area contributed by atoms with Gasteiger partial charge in [0.1, 0.15) is 22.5 Å². The maximum atomic E-state index is 6.49. The second kappa shape index (κ2) is 14.0. The van der Waals surface area contributed by atoms with Gasteiger partial charge in [-0.25, -0.2) is 0 Å². The first-order chi connectivity index (χ1) is 35.1. The third-order valence-electron chi connectivity index (χ3n) is 15.3. The first-order valence-electron chi connectivity index (χ1n) is 24.2. The van der Waals surface area contributed by atoms with E-state index in [4.69, 9.17) is 8.83 Å². The molecule has 0 N–H and O–H groups in total. The summed E-state index contributed by atoms with van der Waals surface area (Å²) < 4.78 is 17.9. The molecule has 0 amide bonds. The van der Waals surface area contributed by atoms with Gasteiger partial charge in [-0.05, 0) is 97.9 Å². The topological polar surface area (TPSA) is 41.6 Å². The van der Waals surface area contributed by atoms with Crippen molar-refractivity contribution in [1.29, 1.82) is 0 Å². The smallest absolute Gasteiger partial charge is 0.137 e. The Bertz CT molecular complexity index is 4860. The summed E-state index contributed by atoms with van der Waals surface area (Å²) in [5, 5.41) is 13.0. The highest BCUT2D eigenvalue weighted by Gasteiger charge is 2.28. The van der Waals surface area contributed by atoms with Crippen molar-refractivity contribution in [2.24, 2.45) is 0 Å². The van der Waals surface area contributed by atoms with Gasteiger partial charge in [0.2, 0.25) is 0 Å². The van der Waals surface area contributed by atoms with E-state index in [1.807, 2.05) is 25.1 Å². The molecule has 0 fully saturated rings. The molecule has 6 heteroatoms. The van der Waals surface area contributed by atoms with Crippen molar-refractivity contribution in [3.8, 4) is 0 Å². The van der Waals surface area contributed by atoms with Crippen LogP contribution in [-0.4, -0.2) is 8.80 Å². The normalized spacial score (nSPS) is 12.4.